The average molecular weight is 1290 g/mol. The Labute approximate surface area is 482 Å². The zero-order valence-electron chi connectivity index (χ0n) is 42.2. The third-order valence-corrected chi connectivity index (χ3v) is 18.1. The zero-order chi connectivity index (χ0) is 62.4. The van der Waals surface area contributed by atoms with Crippen LogP contribution in [-0.2, 0) is 60.7 Å². The van der Waals surface area contributed by atoms with Crippen LogP contribution >= 0.6 is 0 Å². The molecule has 10 aromatic rings. The molecule has 30 nitrogen and oxygen atoms in total. The molecule has 0 fully saturated rings. The maximum absolute atomic E-state index is 12.8. The van der Waals surface area contributed by atoms with Crippen LogP contribution in [0.4, 0.5) is 51.2 Å². The van der Waals surface area contributed by atoms with Crippen molar-refractivity contribution >= 4 is 166 Å². The molecule has 0 aromatic heterocycles. The Bertz CT molecular complexity index is 5540. The molecule has 0 amide bonds. The minimum Gasteiger partial charge on any atom is -0.505 e. The van der Waals surface area contributed by atoms with E-state index in [-0.39, 0.29) is 65.5 Å². The summed E-state index contributed by atoms with van der Waals surface area (Å²) in [5.74, 6) is -2.71. The van der Waals surface area contributed by atoms with Crippen molar-refractivity contribution in [2.75, 3.05) is 5.73 Å². The summed E-state index contributed by atoms with van der Waals surface area (Å²) in [7, 11) is -30.9. The summed E-state index contributed by atoms with van der Waals surface area (Å²) in [6, 6.07) is 25.2. The molecule has 0 saturated carbocycles. The highest BCUT2D eigenvalue weighted by molar-refractivity contribution is 7.87. The Morgan fingerprint density at radius 2 is 0.767 bits per heavy atom. The van der Waals surface area contributed by atoms with E-state index < -0.39 is 141 Å². The van der Waals surface area contributed by atoms with Crippen LogP contribution in [0.25, 0.3) is 53.9 Å². The molecule has 0 saturated heterocycles. The van der Waals surface area contributed by atoms with Gasteiger partial charge in [0.1, 0.15) is 63.5 Å². The van der Waals surface area contributed by atoms with Gasteiger partial charge in [-0.1, -0.05) is 54.6 Å². The van der Waals surface area contributed by atoms with Gasteiger partial charge in [-0.15, -0.1) is 30.7 Å². The first kappa shape index (κ1) is 59.7. The van der Waals surface area contributed by atoms with E-state index in [0.717, 1.165) is 72.8 Å². The number of nitrogen functional groups attached to an aromatic ring is 1. The van der Waals surface area contributed by atoms with Crippen molar-refractivity contribution in [2.24, 2.45) is 40.9 Å². The molecule has 10 rings (SSSR count). The van der Waals surface area contributed by atoms with Gasteiger partial charge in [-0.05, 0) is 106 Å². The summed E-state index contributed by atoms with van der Waals surface area (Å²) < 4.78 is 211. The molecule has 36 heteroatoms. The maximum atomic E-state index is 12.8. The predicted molar refractivity (Wildman–Crippen MR) is 305 cm³/mol. The van der Waals surface area contributed by atoms with Crippen molar-refractivity contribution in [3.63, 3.8) is 0 Å². The zero-order valence-corrected chi connectivity index (χ0v) is 47.1. The highest BCUT2D eigenvalue weighted by Gasteiger charge is 2.28. The number of phenols is 3. The fourth-order valence-corrected chi connectivity index (χ4v) is 13.2. The number of benzene rings is 10. The highest BCUT2D eigenvalue weighted by Crippen LogP contribution is 2.49. The van der Waals surface area contributed by atoms with Crippen LogP contribution in [0.15, 0.2) is 204 Å². The Morgan fingerprint density at radius 1 is 0.302 bits per heavy atom. The second-order valence-corrected chi connectivity index (χ2v) is 26.5. The fraction of sp³-hybridized carbons (Fsp3) is 0. The molecule has 0 atom stereocenters. The van der Waals surface area contributed by atoms with E-state index in [4.69, 9.17) is 5.73 Å². The first-order valence-electron chi connectivity index (χ1n) is 23.4. The summed E-state index contributed by atoms with van der Waals surface area (Å²) in [5.41, 5.74) is 1.11. The van der Waals surface area contributed by atoms with E-state index in [1.807, 2.05) is 0 Å². The first-order chi connectivity index (χ1) is 40.1. The van der Waals surface area contributed by atoms with Crippen molar-refractivity contribution in [3.8, 4) is 17.2 Å². The Balaban J connectivity index is 1.01. The highest BCUT2D eigenvalue weighted by atomic mass is 32.2. The molecule has 0 aliphatic carbocycles. The molecule has 0 radical (unpaired) electrons. The average Bonchev–Trinajstić information content (AvgIpc) is 2.88. The number of nitrogens with two attached hydrogens (primary N) is 1. The standard InChI is InChI=1S/C50H33N9O21S6/c51-43-42-26(19-39(83(69,70)71)44(43)57-53-28-12-13-30-27(16-28)20-41(85(75,76)77)45(47(30)60)58-55-35-15-9-23-4-1-2-6-31(23)50(35)86(78,79)80)10-14-34(49(42)62)54-52-29-11-8-25-18-40(84(72,73)74)46(48(61)33(25)21-29)59-56-36-22-32-24(17-38(36)82(66,67)68)5-3-7-37(32)81(63,64)65/h1-22,60-62H,51H2,(H,63,64,65)(H,66,67,68)(H,69,70,71)(H,72,73,74)(H,75,76,77)(H,78,79,80). The van der Waals surface area contributed by atoms with E-state index in [9.17, 15) is 93.1 Å². The van der Waals surface area contributed by atoms with Gasteiger partial charge in [0, 0.05) is 21.5 Å². The second-order valence-electron chi connectivity index (χ2n) is 18.2. The number of fused-ring (bicyclic) bond motifs is 5. The minimum atomic E-state index is -5.29. The van der Waals surface area contributed by atoms with Crippen LogP contribution in [0, 0.1) is 0 Å². The minimum absolute atomic E-state index is 0.0227. The molecular weight excluding hydrogens is 1250 g/mol. The van der Waals surface area contributed by atoms with Gasteiger partial charge in [-0.2, -0.15) is 60.7 Å². The van der Waals surface area contributed by atoms with Crippen LogP contribution in [-0.4, -0.2) is 93.1 Å². The maximum Gasteiger partial charge on any atom is 0.297 e. The van der Waals surface area contributed by atoms with Gasteiger partial charge in [0.05, 0.1) is 22.4 Å². The number of hydrogen-bond acceptors (Lipinski definition) is 24. The topological polar surface area (TPSA) is 512 Å². The number of nitrogens with zero attached hydrogens (tertiary/aromatic N) is 8. The lowest BCUT2D eigenvalue weighted by atomic mass is 10.1. The predicted octanol–water partition coefficient (Wildman–Crippen LogP) is 11.3. The van der Waals surface area contributed by atoms with E-state index in [2.05, 4.69) is 40.9 Å². The molecule has 10 aromatic carbocycles. The van der Waals surface area contributed by atoms with E-state index in [1.54, 1.807) is 6.07 Å². The van der Waals surface area contributed by atoms with Gasteiger partial charge in [0.15, 0.2) is 17.2 Å². The Hall–Kier alpha value is -9.44. The van der Waals surface area contributed by atoms with E-state index >= 15 is 0 Å². The quantitative estimate of drug-likeness (QED) is 0.0275. The number of hydrogen-bond donors (Lipinski definition) is 10. The summed E-state index contributed by atoms with van der Waals surface area (Å²) in [4.78, 5) is -5.46. The van der Waals surface area contributed by atoms with Crippen LogP contribution in [0.1, 0.15) is 0 Å². The van der Waals surface area contributed by atoms with Crippen molar-refractivity contribution in [1.29, 1.82) is 0 Å². The molecule has 86 heavy (non-hydrogen) atoms. The van der Waals surface area contributed by atoms with Crippen molar-refractivity contribution in [2.45, 2.75) is 29.4 Å². The second kappa shape index (κ2) is 21.3. The normalized spacial score (nSPS) is 13.3. The Morgan fingerprint density at radius 3 is 1.41 bits per heavy atom. The molecule has 0 unspecified atom stereocenters. The summed E-state index contributed by atoms with van der Waals surface area (Å²) in [6.07, 6.45) is 0. The molecular formula is C50H33N9O21S6. The molecule has 0 heterocycles. The van der Waals surface area contributed by atoms with Crippen LogP contribution in [0.5, 0.6) is 17.2 Å². The lowest BCUT2D eigenvalue weighted by molar-refractivity contribution is 0.471. The lowest BCUT2D eigenvalue weighted by Gasteiger charge is -2.12. The molecule has 440 valence electrons. The van der Waals surface area contributed by atoms with Gasteiger partial charge >= 0.3 is 0 Å². The largest absolute Gasteiger partial charge is 0.505 e. The van der Waals surface area contributed by atoms with Crippen molar-refractivity contribution in [3.05, 3.63) is 133 Å². The summed E-state index contributed by atoms with van der Waals surface area (Å²) in [5, 5.41) is 64.0. The third-order valence-electron chi connectivity index (χ3n) is 12.8. The molecule has 11 N–H and O–H groups in total. The lowest BCUT2D eigenvalue weighted by Crippen LogP contribution is -2.02. The smallest absolute Gasteiger partial charge is 0.297 e. The number of anilines is 1. The SMILES string of the molecule is Nc1c(N=Nc2ccc3c(O)c(N=Nc4ccc5ccccc5c4S(=O)(=O)O)c(S(=O)(=O)O)cc3c2)c(S(=O)(=O)O)cc2ccc(N=Nc3ccc4cc(S(=O)(=O)O)c(N=Nc5cc6c(S(=O)(=O)O)cccc6cc5S(=O)(=O)O)c(O)c4c3)c(O)c12. The monoisotopic (exact) mass is 1290 g/mol. The molecule has 0 spiro atoms. The van der Waals surface area contributed by atoms with Gasteiger partial charge < -0.3 is 21.1 Å². The van der Waals surface area contributed by atoms with Gasteiger partial charge in [-0.3, -0.25) is 27.3 Å². The first-order valence-corrected chi connectivity index (χ1v) is 32.0. The van der Waals surface area contributed by atoms with Crippen LogP contribution in [0.2, 0.25) is 0 Å². The number of azo groups is 4. The van der Waals surface area contributed by atoms with E-state index in [0.29, 0.717) is 5.39 Å². The van der Waals surface area contributed by atoms with Crippen molar-refractivity contribution < 1.29 is 93.1 Å². The van der Waals surface area contributed by atoms with Gasteiger partial charge in [0.2, 0.25) is 0 Å². The number of phenolic OH excluding ortho intramolecular Hbond substituents is 3. The van der Waals surface area contributed by atoms with Crippen molar-refractivity contribution in [1.82, 2.24) is 0 Å². The third kappa shape index (κ3) is 11.5. The number of rotatable bonds is 14. The summed E-state index contributed by atoms with van der Waals surface area (Å²) in [6.45, 7) is 0. The van der Waals surface area contributed by atoms with Crippen LogP contribution < -0.4 is 5.73 Å². The summed E-state index contributed by atoms with van der Waals surface area (Å²) >= 11 is 0. The molecule has 0 aliphatic rings. The van der Waals surface area contributed by atoms with Gasteiger partial charge in [0.25, 0.3) is 60.7 Å². The molecule has 0 bridgehead atoms. The fourth-order valence-electron chi connectivity index (χ4n) is 9.00. The Kier molecular flexibility index (Phi) is 14.8. The van der Waals surface area contributed by atoms with Gasteiger partial charge in [-0.25, -0.2) is 0 Å². The number of aromatic hydroxyl groups is 3. The van der Waals surface area contributed by atoms with Crippen LogP contribution in [0.3, 0.4) is 0 Å². The van der Waals surface area contributed by atoms with E-state index in [1.165, 1.54) is 54.6 Å². The molecule has 0 aliphatic heterocycles.